The van der Waals surface area contributed by atoms with Gasteiger partial charge in [-0.25, -0.2) is 9.98 Å². The number of rotatable bonds is 5. The number of amidine groups is 1. The van der Waals surface area contributed by atoms with Crippen molar-refractivity contribution in [3.63, 3.8) is 0 Å². The van der Waals surface area contributed by atoms with Gasteiger partial charge in [-0.15, -0.1) is 0 Å². The Morgan fingerprint density at radius 3 is 3.03 bits per heavy atom. The van der Waals surface area contributed by atoms with Crippen molar-refractivity contribution in [3.8, 4) is 11.3 Å². The molecule has 0 unspecified atom stereocenters. The average Bonchev–Trinajstić information content (AvgIpc) is 3.34. The van der Waals surface area contributed by atoms with E-state index in [0.717, 1.165) is 45.8 Å². The minimum atomic E-state index is -0.0176. The predicted molar refractivity (Wildman–Crippen MR) is 116 cm³/mol. The Hall–Kier alpha value is -3.74. The summed E-state index contributed by atoms with van der Waals surface area (Å²) in [5.41, 5.74) is 6.23. The van der Waals surface area contributed by atoms with Crippen LogP contribution in [-0.2, 0) is 6.54 Å². The third-order valence-electron chi connectivity index (χ3n) is 4.73. The third-order valence-corrected chi connectivity index (χ3v) is 4.73. The highest BCUT2D eigenvalue weighted by molar-refractivity contribution is 5.99. The smallest absolute Gasteiger partial charge is 0.251 e. The number of nitrogens with one attached hydrogen (secondary N) is 3. The van der Waals surface area contributed by atoms with Crippen LogP contribution < -0.4 is 10.6 Å². The molecule has 0 spiro atoms. The number of carbonyl (C=O) groups is 1. The van der Waals surface area contributed by atoms with Crippen LogP contribution in [0.5, 0.6) is 0 Å². The number of benzene rings is 1. The summed E-state index contributed by atoms with van der Waals surface area (Å²) in [5.74, 6) is 0.232. The summed E-state index contributed by atoms with van der Waals surface area (Å²) < 4.78 is 2.02. The number of fused-ring (bicyclic) bond motifs is 2. The summed E-state index contributed by atoms with van der Waals surface area (Å²) in [6.45, 7) is 4.25. The number of nitrogens with zero attached hydrogens (tertiary/aromatic N) is 3. The quantitative estimate of drug-likeness (QED) is 0.457. The summed E-state index contributed by atoms with van der Waals surface area (Å²) in [4.78, 5) is 20.4. The van der Waals surface area contributed by atoms with E-state index < -0.39 is 0 Å². The second-order valence-electron chi connectivity index (χ2n) is 6.84. The molecule has 3 aromatic rings. The monoisotopic (exact) mass is 386 g/mol. The molecule has 3 N–H and O–H groups in total. The molecule has 0 radical (unpaired) electrons. The van der Waals surface area contributed by atoms with Crippen LogP contribution in [0.4, 0.5) is 5.69 Å². The van der Waals surface area contributed by atoms with Crippen molar-refractivity contribution < 1.29 is 4.79 Å². The van der Waals surface area contributed by atoms with Gasteiger partial charge in [-0.3, -0.25) is 14.6 Å². The summed E-state index contributed by atoms with van der Waals surface area (Å²) in [6.07, 6.45) is 8.21. The molecule has 29 heavy (non-hydrogen) atoms. The van der Waals surface area contributed by atoms with Gasteiger partial charge in [0.1, 0.15) is 5.84 Å². The van der Waals surface area contributed by atoms with Crippen LogP contribution in [0.25, 0.3) is 16.9 Å². The largest absolute Gasteiger partial charge is 0.351 e. The van der Waals surface area contributed by atoms with Crippen LogP contribution in [0.2, 0.25) is 0 Å². The lowest BCUT2D eigenvalue weighted by Gasteiger charge is -2.12. The molecule has 2 aromatic heterocycles. The standard InChI is InChI=1S/C22H22N6O/c1-3-4-17(13-25-14(2)23)27-19-7-8-20(28-10-9-24-21(19)28)15-5-6-18-16(11-15)12-26-22(18)29/h4-11,13,23,27H,3,12H2,1-2H3,(H,26,29)/b17-4+,23-14?,25-13?. The first-order chi connectivity index (χ1) is 14.1. The van der Waals surface area contributed by atoms with Gasteiger partial charge in [0.15, 0.2) is 5.65 Å². The number of aromatic nitrogens is 2. The number of imidazole rings is 1. The molecule has 1 aliphatic heterocycles. The zero-order chi connectivity index (χ0) is 20.4. The van der Waals surface area contributed by atoms with E-state index in [1.54, 1.807) is 19.3 Å². The fourth-order valence-corrected chi connectivity index (χ4v) is 3.42. The van der Waals surface area contributed by atoms with Crippen molar-refractivity contribution in [2.24, 2.45) is 4.99 Å². The van der Waals surface area contributed by atoms with Crippen LogP contribution in [0, 0.1) is 5.41 Å². The highest BCUT2D eigenvalue weighted by Crippen LogP contribution is 2.28. The summed E-state index contributed by atoms with van der Waals surface area (Å²) in [6, 6.07) is 9.92. The molecule has 3 heterocycles. The second-order valence-corrected chi connectivity index (χ2v) is 6.84. The molecule has 1 aliphatic rings. The molecule has 0 atom stereocenters. The maximum atomic E-state index is 11.8. The van der Waals surface area contributed by atoms with Gasteiger partial charge < -0.3 is 10.6 Å². The van der Waals surface area contributed by atoms with E-state index in [4.69, 9.17) is 5.41 Å². The molecule has 7 nitrogen and oxygen atoms in total. The van der Waals surface area contributed by atoms with E-state index in [1.165, 1.54) is 0 Å². The van der Waals surface area contributed by atoms with Gasteiger partial charge in [0.2, 0.25) is 0 Å². The fourth-order valence-electron chi connectivity index (χ4n) is 3.42. The molecule has 0 saturated carbocycles. The molecule has 0 aliphatic carbocycles. The van der Waals surface area contributed by atoms with Gasteiger partial charge in [0.05, 0.1) is 23.3 Å². The lowest BCUT2D eigenvalue weighted by molar-refractivity contribution is 0.0966. The zero-order valence-corrected chi connectivity index (χ0v) is 16.4. The Labute approximate surface area is 168 Å². The maximum Gasteiger partial charge on any atom is 0.251 e. The molecule has 1 aromatic carbocycles. The van der Waals surface area contributed by atoms with Gasteiger partial charge in [-0.2, -0.15) is 0 Å². The minimum absolute atomic E-state index is 0.0176. The highest BCUT2D eigenvalue weighted by Gasteiger charge is 2.19. The molecular formula is C22H22N6O. The van der Waals surface area contributed by atoms with E-state index in [0.29, 0.717) is 6.54 Å². The van der Waals surface area contributed by atoms with Crippen molar-refractivity contribution in [2.75, 3.05) is 5.32 Å². The van der Waals surface area contributed by atoms with Crippen molar-refractivity contribution in [1.29, 1.82) is 5.41 Å². The average molecular weight is 386 g/mol. The number of anilines is 1. The normalized spacial score (nSPS) is 13.7. The second kappa shape index (κ2) is 7.71. The molecule has 7 heteroatoms. The van der Waals surface area contributed by atoms with Gasteiger partial charge in [-0.05, 0) is 48.7 Å². The van der Waals surface area contributed by atoms with Crippen LogP contribution in [0.3, 0.4) is 0 Å². The van der Waals surface area contributed by atoms with Gasteiger partial charge in [0, 0.05) is 24.5 Å². The topological polar surface area (TPSA) is 94.6 Å². The minimum Gasteiger partial charge on any atom is -0.351 e. The SMILES string of the molecule is CC/C=C(\C=NC(C)=N)Nc1ccc(-c2ccc3c(c2)CNC3=O)n2ccnc12. The molecule has 0 saturated heterocycles. The molecular weight excluding hydrogens is 364 g/mol. The number of hydrogen-bond donors (Lipinski definition) is 3. The Kier molecular flexibility index (Phi) is 4.95. The summed E-state index contributed by atoms with van der Waals surface area (Å²) in [7, 11) is 0. The van der Waals surface area contributed by atoms with Gasteiger partial charge in [-0.1, -0.05) is 19.1 Å². The van der Waals surface area contributed by atoms with Crippen LogP contribution in [0.15, 0.2) is 59.5 Å². The molecule has 0 bridgehead atoms. The van der Waals surface area contributed by atoms with Crippen LogP contribution >= 0.6 is 0 Å². The van der Waals surface area contributed by atoms with E-state index in [-0.39, 0.29) is 11.7 Å². The number of hydrogen-bond acceptors (Lipinski definition) is 4. The van der Waals surface area contributed by atoms with E-state index in [1.807, 2.05) is 40.9 Å². The number of aliphatic imine (C=N–C) groups is 1. The first kappa shape index (κ1) is 18.6. The Bertz CT molecular complexity index is 1170. The van der Waals surface area contributed by atoms with Crippen molar-refractivity contribution in [2.45, 2.75) is 26.8 Å². The van der Waals surface area contributed by atoms with E-state index in [2.05, 4.69) is 33.6 Å². The van der Waals surface area contributed by atoms with Crippen molar-refractivity contribution in [3.05, 3.63) is 65.6 Å². The number of allylic oxidation sites excluding steroid dienone is 2. The number of pyridine rings is 1. The lowest BCUT2D eigenvalue weighted by atomic mass is 10.0. The summed E-state index contributed by atoms with van der Waals surface area (Å²) >= 11 is 0. The van der Waals surface area contributed by atoms with Crippen LogP contribution in [0.1, 0.15) is 36.2 Å². The fraction of sp³-hybridized carbons (Fsp3) is 0.182. The van der Waals surface area contributed by atoms with Crippen molar-refractivity contribution >= 4 is 29.3 Å². The third kappa shape index (κ3) is 3.67. The lowest BCUT2D eigenvalue weighted by Crippen LogP contribution is -2.12. The highest BCUT2D eigenvalue weighted by atomic mass is 16.1. The molecule has 4 rings (SSSR count). The van der Waals surface area contributed by atoms with Gasteiger partial charge >= 0.3 is 0 Å². The summed E-state index contributed by atoms with van der Waals surface area (Å²) in [5, 5.41) is 13.7. The Balaban J connectivity index is 1.72. The first-order valence-electron chi connectivity index (χ1n) is 9.51. The Morgan fingerprint density at radius 1 is 1.38 bits per heavy atom. The molecule has 0 fully saturated rings. The Morgan fingerprint density at radius 2 is 2.24 bits per heavy atom. The number of amides is 1. The van der Waals surface area contributed by atoms with Gasteiger partial charge in [0.25, 0.3) is 5.91 Å². The molecule has 146 valence electrons. The molecule has 1 amide bonds. The van der Waals surface area contributed by atoms with Crippen LogP contribution in [-0.4, -0.2) is 27.3 Å². The number of carbonyl (C=O) groups excluding carboxylic acids is 1. The predicted octanol–water partition coefficient (Wildman–Crippen LogP) is 4.02. The van der Waals surface area contributed by atoms with Crippen molar-refractivity contribution in [1.82, 2.24) is 14.7 Å². The zero-order valence-electron chi connectivity index (χ0n) is 16.4. The first-order valence-corrected chi connectivity index (χ1v) is 9.51. The van der Waals surface area contributed by atoms with E-state index in [9.17, 15) is 4.79 Å². The van der Waals surface area contributed by atoms with E-state index >= 15 is 0 Å². The maximum absolute atomic E-state index is 11.8.